The van der Waals surface area contributed by atoms with Gasteiger partial charge in [0.05, 0.1) is 13.2 Å². The lowest BCUT2D eigenvalue weighted by molar-refractivity contribution is -0.148. The lowest BCUT2D eigenvalue weighted by Gasteiger charge is -2.17. The Morgan fingerprint density at radius 1 is 0.387 bits per heavy atom. The largest absolute Gasteiger partial charge is 0.481 e. The normalized spacial score (nSPS) is 12.0. The van der Waals surface area contributed by atoms with Crippen LogP contribution in [0, 0.1) is 0 Å². The topological polar surface area (TPSA) is 209 Å². The second-order valence-corrected chi connectivity index (χ2v) is 17.0. The highest BCUT2D eigenvalue weighted by Gasteiger charge is 2.24. The molecular weight excluding hydrogens is 793 g/mol. The van der Waals surface area contributed by atoms with E-state index in [2.05, 4.69) is 35.1 Å². The molecule has 0 heterocycles. The van der Waals surface area contributed by atoms with Gasteiger partial charge >= 0.3 is 35.9 Å². The Bertz CT molecular complexity index is 1060. The molecule has 0 aromatic carbocycles. The van der Waals surface area contributed by atoms with Crippen LogP contribution in [0.15, 0.2) is 0 Å². The number of carboxylic acid groups (broad SMARTS) is 2. The monoisotopic (exact) mass is 883 g/mol. The molecular formula is C48H90N4O10. The van der Waals surface area contributed by atoms with E-state index in [-0.39, 0.29) is 38.9 Å². The third kappa shape index (κ3) is 40.5. The Morgan fingerprint density at radius 2 is 0.645 bits per heavy atom. The molecule has 2 atom stereocenters. The summed E-state index contributed by atoms with van der Waals surface area (Å²) in [6.07, 6.45) is 32.9. The van der Waals surface area contributed by atoms with Crippen LogP contribution in [0.25, 0.3) is 0 Å². The van der Waals surface area contributed by atoms with Gasteiger partial charge in [-0.25, -0.2) is 19.2 Å². The molecule has 0 spiro atoms. The minimum atomic E-state index is -1.04. The summed E-state index contributed by atoms with van der Waals surface area (Å²) >= 11 is 0. The molecule has 362 valence electrons. The zero-order chi connectivity index (χ0) is 45.7. The predicted molar refractivity (Wildman–Crippen MR) is 246 cm³/mol. The van der Waals surface area contributed by atoms with E-state index in [1.807, 2.05) is 0 Å². The minimum absolute atomic E-state index is 0.0232. The molecule has 0 aliphatic carbocycles. The van der Waals surface area contributed by atoms with Crippen molar-refractivity contribution in [1.29, 1.82) is 0 Å². The van der Waals surface area contributed by atoms with Gasteiger partial charge in [-0.15, -0.1) is 0 Å². The number of amides is 4. The lowest BCUT2D eigenvalue weighted by atomic mass is 10.1. The van der Waals surface area contributed by atoms with Gasteiger partial charge in [-0.2, -0.15) is 0 Å². The third-order valence-electron chi connectivity index (χ3n) is 11.1. The van der Waals surface area contributed by atoms with Crippen molar-refractivity contribution in [2.24, 2.45) is 0 Å². The van der Waals surface area contributed by atoms with Crippen molar-refractivity contribution < 1.29 is 48.5 Å². The van der Waals surface area contributed by atoms with E-state index in [1.165, 1.54) is 89.9 Å². The highest BCUT2D eigenvalue weighted by atomic mass is 16.5. The number of aliphatic carboxylic acids is 2. The van der Waals surface area contributed by atoms with Gasteiger partial charge in [0, 0.05) is 25.9 Å². The van der Waals surface area contributed by atoms with Crippen LogP contribution < -0.4 is 21.3 Å². The highest BCUT2D eigenvalue weighted by molar-refractivity contribution is 5.84. The first-order chi connectivity index (χ1) is 30.1. The van der Waals surface area contributed by atoms with Gasteiger partial charge in [-0.1, -0.05) is 181 Å². The van der Waals surface area contributed by atoms with Crippen molar-refractivity contribution in [3.8, 4) is 0 Å². The number of ether oxygens (including phenoxy) is 2. The zero-order valence-corrected chi connectivity index (χ0v) is 39.2. The summed E-state index contributed by atoms with van der Waals surface area (Å²) < 4.78 is 10.8. The van der Waals surface area contributed by atoms with Crippen molar-refractivity contribution in [2.45, 2.75) is 244 Å². The number of unbranched alkanes of at least 4 members (excludes halogenated alkanes) is 27. The van der Waals surface area contributed by atoms with E-state index >= 15 is 0 Å². The molecule has 14 heteroatoms. The summed E-state index contributed by atoms with van der Waals surface area (Å²) in [5.74, 6) is -3.25. The fraction of sp³-hybridized carbons (Fsp3) is 0.875. The van der Waals surface area contributed by atoms with E-state index < -0.39 is 48.0 Å². The van der Waals surface area contributed by atoms with Crippen molar-refractivity contribution >= 4 is 35.9 Å². The van der Waals surface area contributed by atoms with Crippen LogP contribution in [0.3, 0.4) is 0 Å². The van der Waals surface area contributed by atoms with E-state index in [9.17, 15) is 28.8 Å². The molecule has 0 saturated heterocycles. The zero-order valence-electron chi connectivity index (χ0n) is 39.2. The van der Waals surface area contributed by atoms with Crippen LogP contribution >= 0.6 is 0 Å². The number of rotatable bonds is 45. The lowest BCUT2D eigenvalue weighted by Crippen LogP contribution is -2.47. The van der Waals surface area contributed by atoms with E-state index in [4.69, 9.17) is 19.7 Å². The molecule has 62 heavy (non-hydrogen) atoms. The van der Waals surface area contributed by atoms with E-state index in [0.717, 1.165) is 103 Å². The summed E-state index contributed by atoms with van der Waals surface area (Å²) in [4.78, 5) is 72.4. The molecule has 0 rings (SSSR count). The minimum Gasteiger partial charge on any atom is -0.481 e. The first kappa shape index (κ1) is 58.4. The number of nitrogens with one attached hydrogen (secondary N) is 4. The quantitative estimate of drug-likeness (QED) is 0.0252. The maximum Gasteiger partial charge on any atom is 0.328 e. The van der Waals surface area contributed by atoms with Gasteiger partial charge in [0.2, 0.25) is 0 Å². The first-order valence-corrected chi connectivity index (χ1v) is 25.0. The Hall–Kier alpha value is -3.58. The number of esters is 2. The maximum atomic E-state index is 12.6. The molecule has 0 aromatic heterocycles. The fourth-order valence-electron chi connectivity index (χ4n) is 7.25. The number of carbonyl (C=O) groups is 6. The number of hydrogen-bond acceptors (Lipinski definition) is 8. The molecule has 0 aliphatic rings. The maximum absolute atomic E-state index is 12.6. The Morgan fingerprint density at radius 3 is 0.919 bits per heavy atom. The number of carboxylic acids is 2. The second-order valence-electron chi connectivity index (χ2n) is 17.0. The average molecular weight is 883 g/mol. The van der Waals surface area contributed by atoms with Gasteiger partial charge in [0.25, 0.3) is 0 Å². The Balaban J connectivity index is 4.01. The van der Waals surface area contributed by atoms with Gasteiger partial charge in [-0.3, -0.25) is 9.59 Å². The van der Waals surface area contributed by atoms with E-state index in [1.54, 1.807) is 0 Å². The third-order valence-corrected chi connectivity index (χ3v) is 11.1. The SMILES string of the molecule is CCCCCCCCCCCCOC(=O)[C@H](CCC(=O)O)NC(=O)NCCCCCCCCCCCCNC(=O)N[C@@H](CCC(=O)O)C(=O)OCCCCCCCCCCCC. The molecule has 6 N–H and O–H groups in total. The Labute approximate surface area is 375 Å². The molecule has 14 nitrogen and oxygen atoms in total. The number of urea groups is 2. The van der Waals surface area contributed by atoms with Gasteiger partial charge in [-0.05, 0) is 38.5 Å². The summed E-state index contributed by atoms with van der Waals surface area (Å²) in [7, 11) is 0. The molecule has 0 saturated carbocycles. The summed E-state index contributed by atoms with van der Waals surface area (Å²) in [5, 5.41) is 29.0. The molecule has 0 aliphatic heterocycles. The van der Waals surface area contributed by atoms with Crippen LogP contribution in [-0.2, 0) is 28.7 Å². The average Bonchev–Trinajstić information content (AvgIpc) is 3.24. The summed E-state index contributed by atoms with van der Waals surface area (Å²) in [6.45, 7) is 5.89. The smallest absolute Gasteiger partial charge is 0.328 e. The molecule has 0 fully saturated rings. The summed E-state index contributed by atoms with van der Waals surface area (Å²) in [5.41, 5.74) is 0. The van der Waals surface area contributed by atoms with Crippen LogP contribution in [0.4, 0.5) is 9.59 Å². The fourth-order valence-corrected chi connectivity index (χ4v) is 7.25. The number of hydrogen-bond donors (Lipinski definition) is 6. The first-order valence-electron chi connectivity index (χ1n) is 25.0. The molecule has 0 unspecified atom stereocenters. The molecule has 0 radical (unpaired) electrons. The van der Waals surface area contributed by atoms with Crippen molar-refractivity contribution in [1.82, 2.24) is 21.3 Å². The van der Waals surface area contributed by atoms with Crippen LogP contribution in [0.2, 0.25) is 0 Å². The van der Waals surface area contributed by atoms with Crippen LogP contribution in [-0.4, -0.2) is 84.5 Å². The van der Waals surface area contributed by atoms with Crippen molar-refractivity contribution in [2.75, 3.05) is 26.3 Å². The van der Waals surface area contributed by atoms with Crippen LogP contribution in [0.1, 0.15) is 232 Å². The predicted octanol–water partition coefficient (Wildman–Crippen LogP) is 10.9. The van der Waals surface area contributed by atoms with Crippen molar-refractivity contribution in [3.05, 3.63) is 0 Å². The molecule has 4 amide bonds. The van der Waals surface area contributed by atoms with Crippen molar-refractivity contribution in [3.63, 3.8) is 0 Å². The molecule has 0 aromatic rings. The highest BCUT2D eigenvalue weighted by Crippen LogP contribution is 2.14. The Kier molecular flexibility index (Phi) is 41.5. The van der Waals surface area contributed by atoms with Crippen LogP contribution in [0.5, 0.6) is 0 Å². The summed E-state index contributed by atoms with van der Waals surface area (Å²) in [6, 6.07) is -3.00. The van der Waals surface area contributed by atoms with Gasteiger partial charge in [0.15, 0.2) is 0 Å². The van der Waals surface area contributed by atoms with Gasteiger partial charge in [0.1, 0.15) is 12.1 Å². The standard InChI is InChI=1S/C48H90N4O10/c1-3-5-7-9-11-13-19-23-27-31-39-61-45(57)41(33-35-43(53)54)51-47(59)49-37-29-25-21-17-15-16-18-22-26-30-38-50-48(60)52-42(34-36-44(55)56)46(58)62-40-32-28-24-20-14-12-10-8-6-4-2/h41-42H,3-40H2,1-2H3,(H,53,54)(H,55,56)(H2,49,51,59)(H2,50,52,60)/t41-,42-/m0/s1. The van der Waals surface area contributed by atoms with Gasteiger partial charge < -0.3 is 41.0 Å². The molecule has 0 bridgehead atoms. The van der Waals surface area contributed by atoms with E-state index in [0.29, 0.717) is 13.1 Å². The second kappa shape index (κ2) is 44.0. The number of carbonyl (C=O) groups excluding carboxylic acids is 4.